The number of carbonyl (C=O) groups is 2. The molecule has 0 rings (SSSR count). The monoisotopic (exact) mass is 440 g/mol. The third-order valence-corrected chi connectivity index (χ3v) is 4.65. The van der Waals surface area contributed by atoms with Crippen molar-refractivity contribution in [2.24, 2.45) is 0 Å². The van der Waals surface area contributed by atoms with Gasteiger partial charge in [0.05, 0.1) is 60.7 Å². The van der Waals surface area contributed by atoms with Crippen molar-refractivity contribution in [3.05, 3.63) is 12.7 Å². The van der Waals surface area contributed by atoms with Gasteiger partial charge in [-0.3, -0.25) is 4.55 Å². The summed E-state index contributed by atoms with van der Waals surface area (Å²) in [4.78, 5) is 20.8. The normalized spacial score (nSPS) is 11.9. The molecular weight excluding hydrogens is 400 g/mol. The molecule has 10 heteroatoms. The first-order valence-electron chi connectivity index (χ1n) is 9.66. The number of carbonyl (C=O) groups excluding carboxylic acids is 1. The van der Waals surface area contributed by atoms with Crippen molar-refractivity contribution >= 4 is 22.1 Å². The quantitative estimate of drug-likeness (QED) is 0.138. The van der Waals surface area contributed by atoms with Crippen LogP contribution in [0.4, 0.5) is 0 Å². The molecular formula is C19H40N2O7S+2. The van der Waals surface area contributed by atoms with E-state index in [0.717, 1.165) is 49.3 Å². The fourth-order valence-corrected chi connectivity index (χ4v) is 2.91. The van der Waals surface area contributed by atoms with Gasteiger partial charge in [0.15, 0.2) is 6.54 Å². The summed E-state index contributed by atoms with van der Waals surface area (Å²) in [5, 5.41) is 8.23. The van der Waals surface area contributed by atoms with Crippen LogP contribution in [-0.2, 0) is 24.4 Å². The summed E-state index contributed by atoms with van der Waals surface area (Å²) >= 11 is 0. The summed E-state index contributed by atoms with van der Waals surface area (Å²) < 4.78 is 36.1. The van der Waals surface area contributed by atoms with Gasteiger partial charge < -0.3 is 18.8 Å². The molecule has 2 N–H and O–H groups in total. The minimum Gasteiger partial charge on any atom is -0.477 e. The Morgan fingerprint density at radius 1 is 0.966 bits per heavy atom. The molecule has 0 aromatic carbocycles. The van der Waals surface area contributed by atoms with Gasteiger partial charge in [0.2, 0.25) is 0 Å². The van der Waals surface area contributed by atoms with E-state index in [9.17, 15) is 18.0 Å². The minimum atomic E-state index is -3.85. The maximum Gasteiger partial charge on any atom is 0.359 e. The Hall–Kier alpha value is -1.49. The Balaban J connectivity index is 0. The van der Waals surface area contributed by atoms with Crippen LogP contribution in [0.5, 0.6) is 0 Å². The number of aliphatic carboxylic acids is 1. The van der Waals surface area contributed by atoms with Gasteiger partial charge in [-0.25, -0.2) is 9.59 Å². The van der Waals surface area contributed by atoms with Gasteiger partial charge in [-0.1, -0.05) is 6.58 Å². The second-order valence-corrected chi connectivity index (χ2v) is 10.2. The molecule has 0 fully saturated rings. The summed E-state index contributed by atoms with van der Waals surface area (Å²) in [7, 11) is 5.78. The van der Waals surface area contributed by atoms with Crippen molar-refractivity contribution in [3.63, 3.8) is 0 Å². The first-order valence-corrected chi connectivity index (χ1v) is 11.3. The number of carboxylic acid groups (broad SMARTS) is 1. The molecule has 0 bridgehead atoms. The third kappa shape index (κ3) is 26.5. The van der Waals surface area contributed by atoms with Gasteiger partial charge in [0, 0.05) is 12.5 Å². The van der Waals surface area contributed by atoms with E-state index in [2.05, 4.69) is 20.7 Å². The van der Waals surface area contributed by atoms with E-state index in [1.807, 2.05) is 21.1 Å². The summed E-state index contributed by atoms with van der Waals surface area (Å²) in [6.07, 6.45) is 5.54. The standard InChI is InChI=1S/C14H27NO5S.C5H11NO2/c1-4-14(16)20-12-8-6-5-7-10-15(2,3)11-9-13-21(17,18)19;1-6(2,3)4-5(7)8/h4H,1,5-13H2,2-3H3;4H2,1-3H3/p+2. The van der Waals surface area contributed by atoms with Crippen molar-refractivity contribution < 1.29 is 41.4 Å². The lowest BCUT2D eigenvalue weighted by Crippen LogP contribution is -2.41. The van der Waals surface area contributed by atoms with E-state index in [1.165, 1.54) is 0 Å². The highest BCUT2D eigenvalue weighted by Gasteiger charge is 2.16. The summed E-state index contributed by atoms with van der Waals surface area (Å²) in [6, 6.07) is 0. The molecule has 0 amide bonds. The lowest BCUT2D eigenvalue weighted by atomic mass is 10.2. The SMILES string of the molecule is C=CC(=O)OCCCCCC[N+](C)(C)CCCS(=O)(=O)O.C[N+](C)(C)CC(=O)O. The number of esters is 1. The number of likely N-dealkylation sites (N-methyl/N-ethyl adjacent to an activating group) is 1. The predicted octanol–water partition coefficient (Wildman–Crippen LogP) is 1.41. The second kappa shape index (κ2) is 14.5. The van der Waals surface area contributed by atoms with Crippen molar-refractivity contribution in [2.45, 2.75) is 32.1 Å². The van der Waals surface area contributed by atoms with Crippen molar-refractivity contribution in [1.29, 1.82) is 0 Å². The molecule has 29 heavy (non-hydrogen) atoms. The van der Waals surface area contributed by atoms with Crippen LogP contribution >= 0.6 is 0 Å². The average molecular weight is 441 g/mol. The summed E-state index contributed by atoms with van der Waals surface area (Å²) in [6.45, 7) is 5.61. The fraction of sp³-hybridized carbons (Fsp3) is 0.789. The molecule has 0 spiro atoms. The lowest BCUT2D eigenvalue weighted by molar-refractivity contribution is -0.890. The Morgan fingerprint density at radius 2 is 1.48 bits per heavy atom. The van der Waals surface area contributed by atoms with Gasteiger partial charge in [-0.2, -0.15) is 8.42 Å². The number of quaternary nitrogens is 2. The van der Waals surface area contributed by atoms with Gasteiger partial charge in [-0.05, 0) is 25.7 Å². The average Bonchev–Trinajstić information content (AvgIpc) is 2.50. The summed E-state index contributed by atoms with van der Waals surface area (Å²) in [5.74, 6) is -1.31. The highest BCUT2D eigenvalue weighted by molar-refractivity contribution is 7.85. The topological polar surface area (TPSA) is 118 Å². The van der Waals surface area contributed by atoms with Crippen LogP contribution in [0.2, 0.25) is 0 Å². The number of hydrogen-bond acceptors (Lipinski definition) is 5. The van der Waals surface area contributed by atoms with E-state index >= 15 is 0 Å². The molecule has 0 aliphatic rings. The molecule has 0 saturated carbocycles. The molecule has 0 aliphatic carbocycles. The third-order valence-electron chi connectivity index (χ3n) is 3.84. The molecule has 172 valence electrons. The van der Waals surface area contributed by atoms with Crippen LogP contribution in [0.3, 0.4) is 0 Å². The zero-order chi connectivity index (χ0) is 23.1. The van der Waals surface area contributed by atoms with Crippen molar-refractivity contribution in [1.82, 2.24) is 0 Å². The van der Waals surface area contributed by atoms with E-state index in [1.54, 1.807) is 0 Å². The predicted molar refractivity (Wildman–Crippen MR) is 113 cm³/mol. The number of carboxylic acids is 1. The molecule has 0 radical (unpaired) electrons. The summed E-state index contributed by atoms with van der Waals surface area (Å²) in [5.41, 5.74) is 0. The molecule has 0 heterocycles. The zero-order valence-electron chi connectivity index (χ0n) is 18.6. The lowest BCUT2D eigenvalue weighted by Gasteiger charge is -2.29. The second-order valence-electron chi connectivity index (χ2n) is 8.65. The number of hydrogen-bond donors (Lipinski definition) is 2. The van der Waals surface area contributed by atoms with Crippen LogP contribution in [0.1, 0.15) is 32.1 Å². The van der Waals surface area contributed by atoms with E-state index < -0.39 is 16.1 Å². The van der Waals surface area contributed by atoms with Crippen LogP contribution in [-0.4, -0.2) is 106 Å². The van der Waals surface area contributed by atoms with Crippen LogP contribution in [0.15, 0.2) is 12.7 Å². The van der Waals surface area contributed by atoms with E-state index in [-0.39, 0.29) is 18.3 Å². The van der Waals surface area contributed by atoms with Gasteiger partial charge in [0.1, 0.15) is 0 Å². The molecule has 0 aromatic rings. The molecule has 0 aliphatic heterocycles. The molecule has 0 aromatic heterocycles. The number of nitrogens with zero attached hydrogens (tertiary/aromatic N) is 2. The molecule has 0 unspecified atom stereocenters. The maximum absolute atomic E-state index is 10.8. The maximum atomic E-state index is 10.8. The van der Waals surface area contributed by atoms with Crippen LogP contribution in [0.25, 0.3) is 0 Å². The van der Waals surface area contributed by atoms with E-state index in [0.29, 0.717) is 17.5 Å². The fourth-order valence-electron chi connectivity index (χ4n) is 2.42. The highest BCUT2D eigenvalue weighted by atomic mass is 32.2. The van der Waals surface area contributed by atoms with Crippen molar-refractivity contribution in [2.75, 3.05) is 67.2 Å². The Labute approximate surface area is 175 Å². The number of unbranched alkanes of at least 4 members (excludes halogenated alkanes) is 3. The van der Waals surface area contributed by atoms with Crippen LogP contribution < -0.4 is 0 Å². The Kier molecular flexibility index (Phi) is 14.8. The highest BCUT2D eigenvalue weighted by Crippen LogP contribution is 2.07. The van der Waals surface area contributed by atoms with Crippen LogP contribution in [0, 0.1) is 0 Å². The first kappa shape index (κ1) is 29.7. The van der Waals surface area contributed by atoms with E-state index in [4.69, 9.17) is 14.4 Å². The number of ether oxygens (including phenoxy) is 1. The molecule has 0 saturated heterocycles. The minimum absolute atomic E-state index is 0.177. The Morgan fingerprint density at radius 3 is 1.90 bits per heavy atom. The molecule has 0 atom stereocenters. The van der Waals surface area contributed by atoms with Gasteiger partial charge in [0.25, 0.3) is 10.1 Å². The van der Waals surface area contributed by atoms with Crippen molar-refractivity contribution in [3.8, 4) is 0 Å². The molecule has 9 nitrogen and oxygen atoms in total. The van der Waals surface area contributed by atoms with Gasteiger partial charge in [-0.15, -0.1) is 0 Å². The largest absolute Gasteiger partial charge is 0.477 e. The zero-order valence-corrected chi connectivity index (χ0v) is 19.4. The first-order chi connectivity index (χ1) is 13.1. The smallest absolute Gasteiger partial charge is 0.359 e. The number of rotatable bonds is 14. The Bertz CT molecular complexity index is 596. The van der Waals surface area contributed by atoms with Gasteiger partial charge >= 0.3 is 11.9 Å².